The summed E-state index contributed by atoms with van der Waals surface area (Å²) in [5.74, 6) is 0.0426. The highest BCUT2D eigenvalue weighted by Gasteiger charge is 2.51. The summed E-state index contributed by atoms with van der Waals surface area (Å²) in [6.07, 6.45) is 2.56. The van der Waals surface area contributed by atoms with Crippen molar-refractivity contribution in [1.82, 2.24) is 0 Å². The van der Waals surface area contributed by atoms with E-state index in [1.165, 1.54) is 10.5 Å². The summed E-state index contributed by atoms with van der Waals surface area (Å²) in [6, 6.07) is 16.3. The number of anilines is 1. The first-order valence-corrected chi connectivity index (χ1v) is 9.07. The van der Waals surface area contributed by atoms with Crippen LogP contribution < -0.4 is 4.90 Å². The van der Waals surface area contributed by atoms with Crippen molar-refractivity contribution in [3.8, 4) is 0 Å². The molecule has 1 saturated carbocycles. The van der Waals surface area contributed by atoms with Gasteiger partial charge in [-0.25, -0.2) is 4.90 Å². The van der Waals surface area contributed by atoms with E-state index < -0.39 is 0 Å². The fourth-order valence-electron chi connectivity index (χ4n) is 4.59. The molecule has 3 heteroatoms. The number of hydrogen-bond donors (Lipinski definition) is 0. The van der Waals surface area contributed by atoms with Gasteiger partial charge in [0.25, 0.3) is 0 Å². The van der Waals surface area contributed by atoms with Gasteiger partial charge in [-0.1, -0.05) is 48.5 Å². The van der Waals surface area contributed by atoms with Crippen molar-refractivity contribution in [3.05, 3.63) is 65.2 Å². The van der Waals surface area contributed by atoms with Gasteiger partial charge in [-0.2, -0.15) is 0 Å². The largest absolute Gasteiger partial charge is 0.274 e. The van der Waals surface area contributed by atoms with Gasteiger partial charge in [0.05, 0.1) is 17.5 Å². The Hall–Kier alpha value is -2.42. The van der Waals surface area contributed by atoms with Crippen LogP contribution in [0.25, 0.3) is 0 Å². The molecule has 1 aliphatic carbocycles. The Morgan fingerprint density at radius 1 is 0.800 bits per heavy atom. The van der Waals surface area contributed by atoms with Gasteiger partial charge in [0.15, 0.2) is 0 Å². The number of para-hydroxylation sites is 1. The Morgan fingerprint density at radius 2 is 1.44 bits per heavy atom. The van der Waals surface area contributed by atoms with Gasteiger partial charge >= 0.3 is 0 Å². The smallest absolute Gasteiger partial charge is 0.237 e. The predicted molar refractivity (Wildman–Crippen MR) is 98.4 cm³/mol. The zero-order valence-corrected chi connectivity index (χ0v) is 14.7. The van der Waals surface area contributed by atoms with E-state index in [2.05, 4.69) is 12.1 Å². The molecular formula is C22H23NO2. The molecule has 1 saturated heterocycles. The number of amides is 2. The molecule has 2 fully saturated rings. The number of hydrogen-bond acceptors (Lipinski definition) is 2. The first-order valence-electron chi connectivity index (χ1n) is 9.07. The average molecular weight is 333 g/mol. The van der Waals surface area contributed by atoms with Crippen LogP contribution in [0.5, 0.6) is 0 Å². The van der Waals surface area contributed by atoms with E-state index in [4.69, 9.17) is 0 Å². The van der Waals surface area contributed by atoms with E-state index >= 15 is 0 Å². The average Bonchev–Trinajstić information content (AvgIpc) is 2.87. The monoisotopic (exact) mass is 333 g/mol. The van der Waals surface area contributed by atoms with E-state index in [-0.39, 0.29) is 23.7 Å². The minimum absolute atomic E-state index is 0.00101. The maximum atomic E-state index is 13.1. The fraction of sp³-hybridized carbons (Fsp3) is 0.364. The highest BCUT2D eigenvalue weighted by Crippen LogP contribution is 2.46. The lowest BCUT2D eigenvalue weighted by atomic mass is 9.73. The first-order chi connectivity index (χ1) is 12.1. The Morgan fingerprint density at radius 3 is 2.12 bits per heavy atom. The summed E-state index contributed by atoms with van der Waals surface area (Å²) in [7, 11) is 0. The van der Waals surface area contributed by atoms with E-state index in [0.717, 1.165) is 36.1 Å². The summed E-state index contributed by atoms with van der Waals surface area (Å²) in [5, 5.41) is 0. The van der Waals surface area contributed by atoms with Crippen LogP contribution in [0.3, 0.4) is 0 Å². The molecule has 128 valence electrons. The molecule has 0 spiro atoms. The lowest BCUT2D eigenvalue weighted by molar-refractivity contribution is -0.122. The van der Waals surface area contributed by atoms with Gasteiger partial charge in [-0.15, -0.1) is 0 Å². The quantitative estimate of drug-likeness (QED) is 0.765. The molecule has 1 heterocycles. The predicted octanol–water partition coefficient (Wildman–Crippen LogP) is 4.38. The summed E-state index contributed by atoms with van der Waals surface area (Å²) >= 11 is 0. The van der Waals surface area contributed by atoms with Crippen LogP contribution in [0.1, 0.15) is 41.9 Å². The zero-order chi connectivity index (χ0) is 17.6. The van der Waals surface area contributed by atoms with Gasteiger partial charge in [0.1, 0.15) is 0 Å². The number of fused-ring (bicyclic) bond motifs is 1. The van der Waals surface area contributed by atoms with E-state index in [1.807, 2.05) is 50.2 Å². The number of carbonyl (C=O) groups excluding carboxylic acids is 2. The summed E-state index contributed by atoms with van der Waals surface area (Å²) in [5.41, 5.74) is 4.05. The van der Waals surface area contributed by atoms with E-state index in [9.17, 15) is 9.59 Å². The second-order valence-corrected chi connectivity index (χ2v) is 7.39. The number of benzene rings is 2. The van der Waals surface area contributed by atoms with Crippen molar-refractivity contribution in [2.24, 2.45) is 11.8 Å². The molecule has 3 atom stereocenters. The highest BCUT2D eigenvalue weighted by molar-refractivity contribution is 6.22. The Kier molecular flexibility index (Phi) is 3.95. The van der Waals surface area contributed by atoms with Gasteiger partial charge in [0, 0.05) is 0 Å². The molecular weight excluding hydrogens is 310 g/mol. The van der Waals surface area contributed by atoms with Crippen molar-refractivity contribution < 1.29 is 9.59 Å². The zero-order valence-electron chi connectivity index (χ0n) is 14.7. The molecule has 3 nitrogen and oxygen atoms in total. The summed E-state index contributed by atoms with van der Waals surface area (Å²) in [6.45, 7) is 3.94. The number of carbonyl (C=O) groups is 2. The SMILES string of the molecule is Cc1cccc(C)c1N1C(=O)C2CCC(c3ccccc3)CC2C1=O. The Bertz CT molecular complexity index is 807. The standard InChI is InChI=1S/C22H23NO2/c1-14-7-6-8-15(2)20(14)23-21(24)18-12-11-17(13-19(18)22(23)25)16-9-4-3-5-10-16/h3-10,17-19H,11-13H2,1-2H3. The second kappa shape index (κ2) is 6.14. The Balaban J connectivity index is 1.66. The number of nitrogens with zero attached hydrogens (tertiary/aromatic N) is 1. The van der Waals surface area contributed by atoms with Crippen molar-refractivity contribution in [3.63, 3.8) is 0 Å². The summed E-state index contributed by atoms with van der Waals surface area (Å²) < 4.78 is 0. The van der Waals surface area contributed by atoms with Crippen LogP contribution in [0.15, 0.2) is 48.5 Å². The first kappa shape index (κ1) is 16.1. The lowest BCUT2D eigenvalue weighted by Crippen LogP contribution is -2.32. The Labute approximate surface area is 148 Å². The lowest BCUT2D eigenvalue weighted by Gasteiger charge is -2.28. The van der Waals surface area contributed by atoms with Crippen molar-refractivity contribution in [2.45, 2.75) is 39.0 Å². The van der Waals surface area contributed by atoms with Crippen LogP contribution in [0, 0.1) is 25.7 Å². The van der Waals surface area contributed by atoms with Crippen molar-refractivity contribution >= 4 is 17.5 Å². The summed E-state index contributed by atoms with van der Waals surface area (Å²) in [4.78, 5) is 27.6. The molecule has 2 aromatic carbocycles. The molecule has 0 bridgehead atoms. The van der Waals surface area contributed by atoms with Gasteiger partial charge in [0.2, 0.25) is 11.8 Å². The van der Waals surface area contributed by atoms with Gasteiger partial charge in [-0.05, 0) is 55.7 Å². The third-order valence-electron chi connectivity index (χ3n) is 5.86. The third kappa shape index (κ3) is 2.58. The number of imide groups is 1. The van der Waals surface area contributed by atoms with Crippen LogP contribution in [-0.2, 0) is 9.59 Å². The van der Waals surface area contributed by atoms with Crippen LogP contribution >= 0.6 is 0 Å². The molecule has 0 radical (unpaired) electrons. The fourth-order valence-corrected chi connectivity index (χ4v) is 4.59. The minimum atomic E-state index is -0.175. The molecule has 2 aliphatic rings. The molecule has 3 unspecified atom stereocenters. The van der Waals surface area contributed by atoms with E-state index in [1.54, 1.807) is 0 Å². The van der Waals surface area contributed by atoms with E-state index in [0.29, 0.717) is 5.92 Å². The molecule has 2 amide bonds. The molecule has 25 heavy (non-hydrogen) atoms. The highest BCUT2D eigenvalue weighted by atomic mass is 16.2. The van der Waals surface area contributed by atoms with Gasteiger partial charge in [-0.3, -0.25) is 9.59 Å². The normalized spacial score (nSPS) is 26.0. The van der Waals surface area contributed by atoms with Crippen molar-refractivity contribution in [2.75, 3.05) is 4.90 Å². The van der Waals surface area contributed by atoms with Crippen LogP contribution in [0.4, 0.5) is 5.69 Å². The minimum Gasteiger partial charge on any atom is -0.274 e. The topological polar surface area (TPSA) is 37.4 Å². The van der Waals surface area contributed by atoms with Gasteiger partial charge < -0.3 is 0 Å². The number of aryl methyl sites for hydroxylation is 2. The maximum absolute atomic E-state index is 13.1. The molecule has 1 aliphatic heterocycles. The molecule has 2 aromatic rings. The molecule has 0 aromatic heterocycles. The van der Waals surface area contributed by atoms with Crippen LogP contribution in [-0.4, -0.2) is 11.8 Å². The van der Waals surface area contributed by atoms with Crippen LogP contribution in [0.2, 0.25) is 0 Å². The molecule has 0 N–H and O–H groups in total. The van der Waals surface area contributed by atoms with Crippen molar-refractivity contribution in [1.29, 1.82) is 0 Å². The number of rotatable bonds is 2. The maximum Gasteiger partial charge on any atom is 0.237 e. The molecule has 4 rings (SSSR count). The second-order valence-electron chi connectivity index (χ2n) is 7.39. The third-order valence-corrected chi connectivity index (χ3v) is 5.86.